The van der Waals surface area contributed by atoms with Crippen LogP contribution in [0.25, 0.3) is 0 Å². The molecule has 7 heteroatoms. The summed E-state index contributed by atoms with van der Waals surface area (Å²) in [5, 5.41) is 0. The van der Waals surface area contributed by atoms with Crippen molar-refractivity contribution in [1.29, 1.82) is 0 Å². The first kappa shape index (κ1) is 38.1. The number of benzene rings is 5. The molecule has 5 atom stereocenters. The average molecular weight is 766 g/mol. The zero-order valence-corrected chi connectivity index (χ0v) is 32.1. The summed E-state index contributed by atoms with van der Waals surface area (Å²) in [7, 11) is 0. The molecule has 6 rings (SSSR count). The molecule has 52 heavy (non-hydrogen) atoms. The molecular formula is C45H49BrO6. The van der Waals surface area contributed by atoms with Gasteiger partial charge in [0.25, 0.3) is 0 Å². The van der Waals surface area contributed by atoms with Crippen molar-refractivity contribution < 1.29 is 28.4 Å². The van der Waals surface area contributed by atoms with Gasteiger partial charge in [-0.3, -0.25) is 0 Å². The van der Waals surface area contributed by atoms with E-state index in [1.165, 1.54) is 22.3 Å². The van der Waals surface area contributed by atoms with Gasteiger partial charge in [-0.15, -0.1) is 0 Å². The van der Waals surface area contributed by atoms with Gasteiger partial charge in [-0.2, -0.15) is 0 Å². The smallest absolute Gasteiger partial charge is 0.187 e. The normalized spacial score (nSPS) is 20.2. The Hall–Kier alpha value is -3.66. The number of halogens is 1. The first-order valence-corrected chi connectivity index (χ1v) is 18.8. The zero-order chi connectivity index (χ0) is 36.3. The highest BCUT2D eigenvalue weighted by molar-refractivity contribution is 9.10. The maximum Gasteiger partial charge on any atom is 0.187 e. The van der Waals surface area contributed by atoms with Crippen LogP contribution in [0.5, 0.6) is 0 Å². The summed E-state index contributed by atoms with van der Waals surface area (Å²) in [6.45, 7) is 10.5. The molecule has 272 valence electrons. The van der Waals surface area contributed by atoms with Crippen LogP contribution in [0.15, 0.2) is 126 Å². The Kier molecular flexibility index (Phi) is 13.8. The SMILES string of the molecule is Cc1cccc(COC[C@H]2O[C@@H](OCc3ccccc3Br)[C@H](OCc3cccc(C)c3)[C@@H](OCc3cccc(C)c3)[C@@H]2OCc2cccc(C)c2)c1. The molecule has 0 saturated carbocycles. The largest absolute Gasteiger partial charge is 0.374 e. The van der Waals surface area contributed by atoms with Crippen LogP contribution >= 0.6 is 15.9 Å². The Morgan fingerprint density at radius 2 is 0.942 bits per heavy atom. The fraction of sp³-hybridized carbons (Fsp3) is 0.333. The fourth-order valence-corrected chi connectivity index (χ4v) is 6.98. The minimum Gasteiger partial charge on any atom is -0.374 e. The molecule has 5 aromatic rings. The molecule has 1 aliphatic heterocycles. The summed E-state index contributed by atoms with van der Waals surface area (Å²) in [5.74, 6) is 0. The molecule has 1 heterocycles. The molecule has 0 amide bonds. The quantitative estimate of drug-likeness (QED) is 0.0998. The highest BCUT2D eigenvalue weighted by Crippen LogP contribution is 2.33. The van der Waals surface area contributed by atoms with E-state index < -0.39 is 30.7 Å². The molecule has 6 nitrogen and oxygen atoms in total. The Morgan fingerprint density at radius 1 is 0.481 bits per heavy atom. The van der Waals surface area contributed by atoms with E-state index in [1.54, 1.807) is 0 Å². The van der Waals surface area contributed by atoms with E-state index in [1.807, 2.05) is 30.3 Å². The van der Waals surface area contributed by atoms with Gasteiger partial charge in [0.15, 0.2) is 6.29 Å². The molecule has 0 N–H and O–H groups in total. The lowest BCUT2D eigenvalue weighted by Gasteiger charge is -2.46. The zero-order valence-electron chi connectivity index (χ0n) is 30.5. The Bertz CT molecular complexity index is 1880. The standard InChI is InChI=1S/C45H49BrO6/c1-31-11-7-15-35(21-31)25-47-30-41-42(48-26-36-16-8-12-32(2)22-36)43(49-27-37-17-9-13-33(3)23-37)44(50-28-38-18-10-14-34(4)24-38)45(52-41)51-29-39-19-5-6-20-40(39)46/h5-24,41-45H,25-30H2,1-4H3/t41-,42-,43+,44-,45-/m1/s1. The van der Waals surface area contributed by atoms with Crippen molar-refractivity contribution in [1.82, 2.24) is 0 Å². The molecule has 1 saturated heterocycles. The predicted molar refractivity (Wildman–Crippen MR) is 208 cm³/mol. The monoisotopic (exact) mass is 764 g/mol. The van der Waals surface area contributed by atoms with Crippen molar-refractivity contribution in [2.75, 3.05) is 6.61 Å². The second-order valence-corrected chi connectivity index (χ2v) is 14.6. The summed E-state index contributed by atoms with van der Waals surface area (Å²) in [4.78, 5) is 0. The molecular weight excluding hydrogens is 716 g/mol. The number of hydrogen-bond acceptors (Lipinski definition) is 6. The van der Waals surface area contributed by atoms with Gasteiger partial charge in [-0.1, -0.05) is 153 Å². The van der Waals surface area contributed by atoms with Crippen molar-refractivity contribution in [3.8, 4) is 0 Å². The number of hydrogen-bond donors (Lipinski definition) is 0. The molecule has 1 fully saturated rings. The Balaban J connectivity index is 1.33. The van der Waals surface area contributed by atoms with Crippen LogP contribution in [0.4, 0.5) is 0 Å². The third-order valence-corrected chi connectivity index (χ3v) is 9.93. The van der Waals surface area contributed by atoms with Crippen LogP contribution in [0, 0.1) is 27.7 Å². The fourth-order valence-electron chi connectivity index (χ4n) is 6.58. The maximum absolute atomic E-state index is 6.92. The van der Waals surface area contributed by atoms with E-state index in [9.17, 15) is 0 Å². The van der Waals surface area contributed by atoms with Gasteiger partial charge < -0.3 is 28.4 Å². The van der Waals surface area contributed by atoms with E-state index in [2.05, 4.69) is 135 Å². The second kappa shape index (κ2) is 18.9. The molecule has 0 aromatic heterocycles. The first-order valence-electron chi connectivity index (χ1n) is 18.0. The van der Waals surface area contributed by atoms with Crippen molar-refractivity contribution in [3.63, 3.8) is 0 Å². The third-order valence-electron chi connectivity index (χ3n) is 9.16. The van der Waals surface area contributed by atoms with Gasteiger partial charge in [0.05, 0.1) is 39.6 Å². The van der Waals surface area contributed by atoms with Gasteiger partial charge in [-0.05, 0) is 61.6 Å². The van der Waals surface area contributed by atoms with Crippen LogP contribution in [0.2, 0.25) is 0 Å². The van der Waals surface area contributed by atoms with Crippen molar-refractivity contribution in [2.24, 2.45) is 0 Å². The van der Waals surface area contributed by atoms with E-state index in [4.69, 9.17) is 28.4 Å². The lowest BCUT2D eigenvalue weighted by atomic mass is 9.97. The number of ether oxygens (including phenoxy) is 6. The lowest BCUT2D eigenvalue weighted by Crippen LogP contribution is -2.61. The second-order valence-electron chi connectivity index (χ2n) is 13.7. The van der Waals surface area contributed by atoms with Gasteiger partial charge in [0.1, 0.15) is 24.4 Å². The minimum absolute atomic E-state index is 0.274. The lowest BCUT2D eigenvalue weighted by molar-refractivity contribution is -0.330. The summed E-state index contributed by atoms with van der Waals surface area (Å²) in [6, 6.07) is 41.5. The number of rotatable bonds is 16. The van der Waals surface area contributed by atoms with Crippen LogP contribution < -0.4 is 0 Å². The van der Waals surface area contributed by atoms with Crippen LogP contribution in [-0.2, 0) is 61.5 Å². The van der Waals surface area contributed by atoms with Crippen LogP contribution in [-0.4, -0.2) is 37.3 Å². The summed E-state index contributed by atoms with van der Waals surface area (Å²) >= 11 is 3.69. The van der Waals surface area contributed by atoms with E-state index in [-0.39, 0.29) is 6.61 Å². The van der Waals surface area contributed by atoms with Crippen molar-refractivity contribution >= 4 is 15.9 Å². The molecule has 1 aliphatic rings. The number of aryl methyl sites for hydroxylation is 4. The molecule has 0 bridgehead atoms. The van der Waals surface area contributed by atoms with Gasteiger partial charge in [-0.25, -0.2) is 0 Å². The summed E-state index contributed by atoms with van der Waals surface area (Å²) in [6.07, 6.45) is -3.00. The minimum atomic E-state index is -0.772. The van der Waals surface area contributed by atoms with Crippen molar-refractivity contribution in [2.45, 2.75) is 91.4 Å². The first-order chi connectivity index (χ1) is 25.3. The van der Waals surface area contributed by atoms with Gasteiger partial charge in [0.2, 0.25) is 0 Å². The third kappa shape index (κ3) is 10.9. The highest BCUT2D eigenvalue weighted by atomic mass is 79.9. The molecule has 0 spiro atoms. The molecule has 0 unspecified atom stereocenters. The maximum atomic E-state index is 6.92. The molecule has 5 aromatic carbocycles. The summed E-state index contributed by atoms with van der Waals surface area (Å²) in [5.41, 5.74) is 10.00. The summed E-state index contributed by atoms with van der Waals surface area (Å²) < 4.78 is 41.4. The van der Waals surface area contributed by atoms with Gasteiger partial charge >= 0.3 is 0 Å². The Morgan fingerprint density at radius 3 is 1.44 bits per heavy atom. The highest BCUT2D eigenvalue weighted by Gasteiger charge is 2.49. The van der Waals surface area contributed by atoms with Crippen molar-refractivity contribution in [3.05, 3.63) is 176 Å². The van der Waals surface area contributed by atoms with E-state index >= 15 is 0 Å². The van der Waals surface area contributed by atoms with Gasteiger partial charge in [0, 0.05) is 4.47 Å². The molecule has 0 radical (unpaired) electrons. The Labute approximate surface area is 317 Å². The molecule has 0 aliphatic carbocycles. The van der Waals surface area contributed by atoms with Crippen LogP contribution in [0.1, 0.15) is 50.1 Å². The van der Waals surface area contributed by atoms with E-state index in [0.29, 0.717) is 33.0 Å². The predicted octanol–water partition coefficient (Wildman–Crippen LogP) is 9.90. The average Bonchev–Trinajstić information content (AvgIpc) is 3.13. The topological polar surface area (TPSA) is 55.4 Å². The van der Waals surface area contributed by atoms with Crippen LogP contribution in [0.3, 0.4) is 0 Å². The van der Waals surface area contributed by atoms with E-state index in [0.717, 1.165) is 32.3 Å².